The molecule has 1 spiro atoms. The van der Waals surface area contributed by atoms with Crippen LogP contribution in [-0.2, 0) is 6.54 Å². The SMILES string of the molecule is Cc1ccccc1CN1CC2(CCNCC2)NC1=O. The third-order valence-electron chi connectivity index (χ3n) is 4.34. The van der Waals surface area contributed by atoms with Gasteiger partial charge in [0.2, 0.25) is 0 Å². The summed E-state index contributed by atoms with van der Waals surface area (Å²) in [6.07, 6.45) is 2.06. The minimum atomic E-state index is 0.00498. The lowest BCUT2D eigenvalue weighted by atomic mass is 9.89. The van der Waals surface area contributed by atoms with Crippen LogP contribution in [0.4, 0.5) is 4.79 Å². The number of nitrogens with zero attached hydrogens (tertiary/aromatic N) is 1. The molecule has 19 heavy (non-hydrogen) atoms. The lowest BCUT2D eigenvalue weighted by molar-refractivity contribution is 0.215. The first kappa shape index (κ1) is 12.5. The van der Waals surface area contributed by atoms with E-state index >= 15 is 0 Å². The van der Waals surface area contributed by atoms with Crippen LogP contribution in [-0.4, -0.2) is 36.1 Å². The lowest BCUT2D eigenvalue weighted by Crippen LogP contribution is -2.51. The minimum Gasteiger partial charge on any atom is -0.331 e. The quantitative estimate of drug-likeness (QED) is 0.848. The molecule has 2 aliphatic rings. The summed E-state index contributed by atoms with van der Waals surface area (Å²) in [5, 5.41) is 6.56. The van der Waals surface area contributed by atoms with Crippen LogP contribution in [0.5, 0.6) is 0 Å². The second-order valence-corrected chi connectivity index (χ2v) is 5.74. The maximum absolute atomic E-state index is 12.2. The van der Waals surface area contributed by atoms with E-state index in [4.69, 9.17) is 0 Å². The zero-order chi connectivity index (χ0) is 13.3. The van der Waals surface area contributed by atoms with Gasteiger partial charge in [-0.25, -0.2) is 4.79 Å². The highest BCUT2D eigenvalue weighted by Crippen LogP contribution is 2.26. The van der Waals surface area contributed by atoms with E-state index in [1.807, 2.05) is 17.0 Å². The van der Waals surface area contributed by atoms with Crippen LogP contribution >= 0.6 is 0 Å². The smallest absolute Gasteiger partial charge is 0.318 e. The number of amides is 2. The van der Waals surface area contributed by atoms with Gasteiger partial charge in [0.1, 0.15) is 0 Å². The van der Waals surface area contributed by atoms with Crippen molar-refractivity contribution in [3.63, 3.8) is 0 Å². The van der Waals surface area contributed by atoms with Gasteiger partial charge in [0.25, 0.3) is 0 Å². The Hall–Kier alpha value is -1.55. The molecule has 2 amide bonds. The summed E-state index contributed by atoms with van der Waals surface area (Å²) in [6, 6.07) is 8.37. The van der Waals surface area contributed by atoms with Gasteiger partial charge in [-0.3, -0.25) is 0 Å². The van der Waals surface area contributed by atoms with E-state index in [9.17, 15) is 4.79 Å². The molecule has 0 atom stereocenters. The van der Waals surface area contributed by atoms with E-state index in [1.165, 1.54) is 11.1 Å². The third-order valence-corrected chi connectivity index (χ3v) is 4.34. The Morgan fingerprint density at radius 3 is 2.74 bits per heavy atom. The summed E-state index contributed by atoms with van der Waals surface area (Å²) in [4.78, 5) is 14.1. The monoisotopic (exact) mass is 259 g/mol. The van der Waals surface area contributed by atoms with Crippen molar-refractivity contribution in [2.45, 2.75) is 31.8 Å². The minimum absolute atomic E-state index is 0.00498. The number of rotatable bonds is 2. The van der Waals surface area contributed by atoms with Gasteiger partial charge >= 0.3 is 6.03 Å². The van der Waals surface area contributed by atoms with Crippen LogP contribution in [0.15, 0.2) is 24.3 Å². The maximum Gasteiger partial charge on any atom is 0.318 e. The average Bonchev–Trinajstić information content (AvgIpc) is 2.69. The lowest BCUT2D eigenvalue weighted by Gasteiger charge is -2.33. The summed E-state index contributed by atoms with van der Waals surface area (Å²) in [5.41, 5.74) is 2.50. The van der Waals surface area contributed by atoms with Gasteiger partial charge in [-0.2, -0.15) is 0 Å². The van der Waals surface area contributed by atoms with Crippen molar-refractivity contribution in [1.82, 2.24) is 15.5 Å². The number of hydrogen-bond acceptors (Lipinski definition) is 2. The van der Waals surface area contributed by atoms with Crippen molar-refractivity contribution in [1.29, 1.82) is 0 Å². The van der Waals surface area contributed by atoms with Crippen LogP contribution in [0, 0.1) is 6.92 Å². The fourth-order valence-corrected chi connectivity index (χ4v) is 3.09. The Morgan fingerprint density at radius 1 is 1.26 bits per heavy atom. The molecule has 2 fully saturated rings. The highest BCUT2D eigenvalue weighted by atomic mass is 16.2. The molecule has 0 unspecified atom stereocenters. The second-order valence-electron chi connectivity index (χ2n) is 5.74. The maximum atomic E-state index is 12.2. The molecule has 4 heteroatoms. The molecule has 1 aromatic carbocycles. The summed E-state index contributed by atoms with van der Waals surface area (Å²) in [7, 11) is 0. The Labute approximate surface area is 114 Å². The van der Waals surface area contributed by atoms with Crippen molar-refractivity contribution in [2.75, 3.05) is 19.6 Å². The first-order chi connectivity index (χ1) is 9.19. The van der Waals surface area contributed by atoms with Crippen molar-refractivity contribution in [3.8, 4) is 0 Å². The molecule has 0 radical (unpaired) electrons. The van der Waals surface area contributed by atoms with Crippen molar-refractivity contribution in [3.05, 3.63) is 35.4 Å². The molecule has 3 rings (SSSR count). The normalized spacial score (nSPS) is 21.7. The highest BCUT2D eigenvalue weighted by Gasteiger charge is 2.42. The molecule has 0 bridgehead atoms. The van der Waals surface area contributed by atoms with E-state index in [0.29, 0.717) is 6.54 Å². The van der Waals surface area contributed by atoms with Gasteiger partial charge in [0.05, 0.1) is 5.54 Å². The Morgan fingerprint density at radius 2 is 2.00 bits per heavy atom. The van der Waals surface area contributed by atoms with E-state index in [2.05, 4.69) is 29.7 Å². The number of piperidine rings is 1. The molecule has 2 heterocycles. The van der Waals surface area contributed by atoms with Crippen molar-refractivity contribution in [2.24, 2.45) is 0 Å². The van der Waals surface area contributed by atoms with Gasteiger partial charge in [-0.15, -0.1) is 0 Å². The van der Waals surface area contributed by atoms with Crippen LogP contribution < -0.4 is 10.6 Å². The number of urea groups is 1. The molecule has 2 saturated heterocycles. The predicted molar refractivity (Wildman–Crippen MR) is 75.0 cm³/mol. The molecule has 102 valence electrons. The van der Waals surface area contributed by atoms with Gasteiger partial charge in [-0.1, -0.05) is 24.3 Å². The van der Waals surface area contributed by atoms with Gasteiger partial charge in [0, 0.05) is 13.1 Å². The Balaban J connectivity index is 1.72. The van der Waals surface area contributed by atoms with Crippen molar-refractivity contribution >= 4 is 6.03 Å². The van der Waals surface area contributed by atoms with E-state index < -0.39 is 0 Å². The number of benzene rings is 1. The first-order valence-corrected chi connectivity index (χ1v) is 7.01. The van der Waals surface area contributed by atoms with Crippen molar-refractivity contribution < 1.29 is 4.79 Å². The summed E-state index contributed by atoms with van der Waals surface area (Å²) >= 11 is 0. The van der Waals surface area contributed by atoms with E-state index in [-0.39, 0.29) is 11.6 Å². The molecule has 4 nitrogen and oxygen atoms in total. The predicted octanol–water partition coefficient (Wildman–Crippen LogP) is 1.64. The van der Waals surface area contributed by atoms with Gasteiger partial charge in [-0.05, 0) is 44.0 Å². The zero-order valence-electron chi connectivity index (χ0n) is 11.4. The molecule has 0 aliphatic carbocycles. The molecule has 1 aromatic rings. The average molecular weight is 259 g/mol. The summed E-state index contributed by atoms with van der Waals surface area (Å²) < 4.78 is 0. The zero-order valence-corrected chi connectivity index (χ0v) is 11.4. The third kappa shape index (κ3) is 2.45. The number of nitrogens with one attached hydrogen (secondary N) is 2. The highest BCUT2D eigenvalue weighted by molar-refractivity contribution is 5.78. The fourth-order valence-electron chi connectivity index (χ4n) is 3.09. The summed E-state index contributed by atoms with van der Waals surface area (Å²) in [5.74, 6) is 0. The molecule has 0 aromatic heterocycles. The Bertz CT molecular complexity index is 480. The molecular weight excluding hydrogens is 238 g/mol. The number of hydrogen-bond donors (Lipinski definition) is 2. The number of aryl methyl sites for hydroxylation is 1. The fraction of sp³-hybridized carbons (Fsp3) is 0.533. The molecular formula is C15H21N3O. The second kappa shape index (κ2) is 4.85. The number of carbonyl (C=O) groups excluding carboxylic acids is 1. The van der Waals surface area contributed by atoms with Crippen LogP contribution in [0.1, 0.15) is 24.0 Å². The van der Waals surface area contributed by atoms with Gasteiger partial charge < -0.3 is 15.5 Å². The van der Waals surface area contributed by atoms with E-state index in [1.54, 1.807) is 0 Å². The largest absolute Gasteiger partial charge is 0.331 e. The van der Waals surface area contributed by atoms with Crippen LogP contribution in [0.25, 0.3) is 0 Å². The van der Waals surface area contributed by atoms with Crippen LogP contribution in [0.3, 0.4) is 0 Å². The Kier molecular flexibility index (Phi) is 3.19. The first-order valence-electron chi connectivity index (χ1n) is 7.01. The topological polar surface area (TPSA) is 44.4 Å². The number of carbonyl (C=O) groups is 1. The van der Waals surface area contributed by atoms with Gasteiger partial charge in [0.15, 0.2) is 0 Å². The van der Waals surface area contributed by atoms with E-state index in [0.717, 1.165) is 32.5 Å². The molecule has 2 N–H and O–H groups in total. The molecule has 2 aliphatic heterocycles. The summed E-state index contributed by atoms with van der Waals surface area (Å²) in [6.45, 7) is 5.65. The standard InChI is InChI=1S/C15H21N3O/c1-12-4-2-3-5-13(12)10-18-11-15(17-14(18)19)6-8-16-9-7-15/h2-5,16H,6-11H2,1H3,(H,17,19). The van der Waals surface area contributed by atoms with Crippen LogP contribution in [0.2, 0.25) is 0 Å². The molecule has 0 saturated carbocycles.